The summed E-state index contributed by atoms with van der Waals surface area (Å²) in [6.07, 6.45) is 7.83. The molecule has 1 aliphatic heterocycles. The van der Waals surface area contributed by atoms with Crippen molar-refractivity contribution in [2.75, 3.05) is 13.7 Å². The van der Waals surface area contributed by atoms with Crippen molar-refractivity contribution < 1.29 is 42.2 Å². The first kappa shape index (κ1) is 32.7. The second-order valence-electron chi connectivity index (χ2n) is 10.8. The van der Waals surface area contributed by atoms with Gasteiger partial charge in [0.2, 0.25) is 17.7 Å². The van der Waals surface area contributed by atoms with Gasteiger partial charge in [0.15, 0.2) is 6.04 Å². The maximum absolute atomic E-state index is 13.9. The predicted octanol–water partition coefficient (Wildman–Crippen LogP) is 2.73. The zero-order valence-electron chi connectivity index (χ0n) is 24.2. The summed E-state index contributed by atoms with van der Waals surface area (Å²) in [7, 11) is 1.09. The van der Waals surface area contributed by atoms with Crippen molar-refractivity contribution in [3.05, 3.63) is 47.5 Å². The topological polar surface area (TPSA) is 131 Å². The number of rotatable bonds is 11. The summed E-state index contributed by atoms with van der Waals surface area (Å²) in [4.78, 5) is 65.0. The second kappa shape index (κ2) is 15.4. The molecule has 1 unspecified atom stereocenters. The number of allylic oxidation sites excluding steroid dienone is 1. The van der Waals surface area contributed by atoms with Gasteiger partial charge >= 0.3 is 11.9 Å². The highest BCUT2D eigenvalue weighted by molar-refractivity contribution is 5.94. The fourth-order valence-electron chi connectivity index (χ4n) is 5.41. The number of benzene rings is 1. The number of halogens is 2. The maximum atomic E-state index is 13.9. The normalized spacial score (nSPS) is 19.5. The Bertz CT molecular complexity index is 1170. The Labute approximate surface area is 244 Å². The molecule has 0 spiro atoms. The predicted molar refractivity (Wildman–Crippen MR) is 148 cm³/mol. The van der Waals surface area contributed by atoms with Gasteiger partial charge in [0.05, 0.1) is 7.11 Å². The number of carbonyl (C=O) groups is 5. The minimum atomic E-state index is -1.47. The van der Waals surface area contributed by atoms with Gasteiger partial charge in [-0.05, 0) is 62.3 Å². The lowest BCUT2D eigenvalue weighted by atomic mass is 9.89. The van der Waals surface area contributed by atoms with Crippen LogP contribution in [0.1, 0.15) is 64.4 Å². The minimum absolute atomic E-state index is 0.101. The fraction of sp³-hybridized carbons (Fsp3) is 0.567. The lowest BCUT2D eigenvalue weighted by Gasteiger charge is -2.28. The van der Waals surface area contributed by atoms with Gasteiger partial charge in [0, 0.05) is 26.0 Å². The highest BCUT2D eigenvalue weighted by atomic mass is 19.1. The lowest BCUT2D eigenvalue weighted by molar-refractivity contribution is -0.163. The molecule has 0 aromatic heterocycles. The third-order valence-electron chi connectivity index (χ3n) is 7.62. The van der Waals surface area contributed by atoms with Crippen molar-refractivity contribution in [2.24, 2.45) is 5.92 Å². The van der Waals surface area contributed by atoms with Crippen LogP contribution in [0.15, 0.2) is 30.4 Å². The molecule has 1 heterocycles. The number of nitrogens with zero attached hydrogens (tertiary/aromatic N) is 1. The molecule has 1 aliphatic carbocycles. The average molecular weight is 592 g/mol. The van der Waals surface area contributed by atoms with E-state index < -0.39 is 59.6 Å². The molecule has 0 bridgehead atoms. The third-order valence-corrected chi connectivity index (χ3v) is 7.62. The Morgan fingerprint density at radius 3 is 2.29 bits per heavy atom. The zero-order chi connectivity index (χ0) is 30.8. The van der Waals surface area contributed by atoms with E-state index in [1.54, 1.807) is 6.08 Å². The van der Waals surface area contributed by atoms with Gasteiger partial charge in [0.25, 0.3) is 0 Å². The molecule has 10 nitrogen and oxygen atoms in total. The number of hydrogen-bond acceptors (Lipinski definition) is 7. The van der Waals surface area contributed by atoms with Crippen molar-refractivity contribution in [1.29, 1.82) is 0 Å². The monoisotopic (exact) mass is 591 g/mol. The van der Waals surface area contributed by atoms with Gasteiger partial charge in [0.1, 0.15) is 29.8 Å². The van der Waals surface area contributed by atoms with Gasteiger partial charge in [-0.25, -0.2) is 18.4 Å². The standard InChI is InChI=1S/C30H39F2N3O7/c1-18(42-29(39)25-10-7-13-35(25)19(2)36)27(30(40)41-3)34-28(38)24(16-21-14-22(31)17-23(32)15-21)33-26(37)12-11-20-8-5-4-6-9-20/h11-12,14-15,17-18,20,24-25,27H,4-10,13,16H2,1-3H3,(H,33,37)(H,34,38)/b12-11+/t18-,24-,25?,27-/m0/s1. The van der Waals surface area contributed by atoms with Crippen LogP contribution in [0.5, 0.6) is 0 Å². The van der Waals surface area contributed by atoms with Crippen LogP contribution in [0.3, 0.4) is 0 Å². The first-order valence-corrected chi connectivity index (χ1v) is 14.3. The van der Waals surface area contributed by atoms with E-state index in [2.05, 4.69) is 10.6 Å². The number of amides is 3. The Hall–Kier alpha value is -3.83. The lowest BCUT2D eigenvalue weighted by Crippen LogP contribution is -2.56. The maximum Gasteiger partial charge on any atom is 0.332 e. The average Bonchev–Trinajstić information content (AvgIpc) is 3.45. The third kappa shape index (κ3) is 9.35. The highest BCUT2D eigenvalue weighted by Crippen LogP contribution is 2.24. The van der Waals surface area contributed by atoms with Crippen molar-refractivity contribution in [1.82, 2.24) is 15.5 Å². The summed E-state index contributed by atoms with van der Waals surface area (Å²) in [5.41, 5.74) is 0.101. The van der Waals surface area contributed by atoms with E-state index in [-0.39, 0.29) is 23.8 Å². The molecular weight excluding hydrogens is 552 g/mol. The summed E-state index contributed by atoms with van der Waals surface area (Å²) >= 11 is 0. The summed E-state index contributed by atoms with van der Waals surface area (Å²) < 4.78 is 38.1. The van der Waals surface area contributed by atoms with Gasteiger partial charge in [-0.2, -0.15) is 0 Å². The Balaban J connectivity index is 1.76. The number of likely N-dealkylation sites (tertiary alicyclic amines) is 1. The summed E-state index contributed by atoms with van der Waals surface area (Å²) in [5, 5.41) is 5.02. The molecule has 42 heavy (non-hydrogen) atoms. The quantitative estimate of drug-likeness (QED) is 0.299. The van der Waals surface area contributed by atoms with E-state index >= 15 is 0 Å². The van der Waals surface area contributed by atoms with Gasteiger partial charge in [-0.1, -0.05) is 25.3 Å². The highest BCUT2D eigenvalue weighted by Gasteiger charge is 2.38. The molecule has 2 N–H and O–H groups in total. The zero-order valence-corrected chi connectivity index (χ0v) is 24.2. The molecule has 1 aromatic rings. The van der Waals surface area contributed by atoms with E-state index in [9.17, 15) is 32.8 Å². The SMILES string of the molecule is COC(=O)[C@@H](NC(=O)[C@H](Cc1cc(F)cc(F)c1)NC(=O)/C=C/C1CCCCC1)[C@H](C)OC(=O)C1CCCN1C(C)=O. The Morgan fingerprint density at radius 2 is 1.67 bits per heavy atom. The number of methoxy groups -OCH3 is 1. The molecule has 12 heteroatoms. The van der Waals surface area contributed by atoms with Crippen LogP contribution in [-0.4, -0.2) is 72.4 Å². The Morgan fingerprint density at radius 1 is 1.00 bits per heavy atom. The van der Waals surface area contributed by atoms with Gasteiger partial charge in [-0.15, -0.1) is 0 Å². The van der Waals surface area contributed by atoms with Crippen molar-refractivity contribution >= 4 is 29.7 Å². The van der Waals surface area contributed by atoms with Crippen molar-refractivity contribution in [3.63, 3.8) is 0 Å². The number of hydrogen-bond donors (Lipinski definition) is 2. The van der Waals surface area contributed by atoms with Gasteiger partial charge < -0.3 is 25.0 Å². The van der Waals surface area contributed by atoms with E-state index in [1.165, 1.54) is 24.8 Å². The molecule has 2 fully saturated rings. The number of ether oxygens (including phenoxy) is 2. The molecular formula is C30H39F2N3O7. The van der Waals surface area contributed by atoms with Crippen LogP contribution >= 0.6 is 0 Å². The number of nitrogens with one attached hydrogen (secondary N) is 2. The molecule has 230 valence electrons. The molecule has 2 aliphatic rings. The molecule has 1 aromatic carbocycles. The van der Waals surface area contributed by atoms with Crippen LogP contribution in [0.25, 0.3) is 0 Å². The first-order valence-electron chi connectivity index (χ1n) is 14.3. The van der Waals surface area contributed by atoms with Crippen LogP contribution < -0.4 is 10.6 Å². The van der Waals surface area contributed by atoms with E-state index in [0.717, 1.165) is 51.3 Å². The van der Waals surface area contributed by atoms with E-state index in [1.807, 2.05) is 0 Å². The fourth-order valence-corrected chi connectivity index (χ4v) is 5.41. The van der Waals surface area contributed by atoms with E-state index in [4.69, 9.17) is 9.47 Å². The second-order valence-corrected chi connectivity index (χ2v) is 10.8. The summed E-state index contributed by atoms with van der Waals surface area (Å²) in [5.74, 6) is -4.85. The molecule has 3 rings (SSSR count). The Kier molecular flexibility index (Phi) is 12.0. The smallest absolute Gasteiger partial charge is 0.332 e. The summed E-state index contributed by atoms with van der Waals surface area (Å²) in [6.45, 7) is 3.13. The van der Waals surface area contributed by atoms with Crippen LogP contribution in [0, 0.1) is 17.6 Å². The van der Waals surface area contributed by atoms with Crippen molar-refractivity contribution in [3.8, 4) is 0 Å². The number of carbonyl (C=O) groups excluding carboxylic acids is 5. The molecule has 4 atom stereocenters. The summed E-state index contributed by atoms with van der Waals surface area (Å²) in [6, 6.07) is -0.862. The molecule has 3 amide bonds. The molecule has 0 radical (unpaired) electrons. The minimum Gasteiger partial charge on any atom is -0.467 e. The van der Waals surface area contributed by atoms with Gasteiger partial charge in [-0.3, -0.25) is 14.4 Å². The number of esters is 2. The molecule has 1 saturated heterocycles. The first-order chi connectivity index (χ1) is 20.0. The van der Waals surface area contributed by atoms with Crippen LogP contribution in [0.4, 0.5) is 8.78 Å². The van der Waals surface area contributed by atoms with Crippen LogP contribution in [0.2, 0.25) is 0 Å². The van der Waals surface area contributed by atoms with E-state index in [0.29, 0.717) is 25.5 Å². The van der Waals surface area contributed by atoms with Crippen LogP contribution in [-0.2, 0) is 39.9 Å². The molecule has 1 saturated carbocycles. The largest absolute Gasteiger partial charge is 0.467 e. The van der Waals surface area contributed by atoms with Crippen molar-refractivity contribution in [2.45, 2.75) is 89.4 Å².